The van der Waals surface area contributed by atoms with Crippen LogP contribution in [0.5, 0.6) is 0 Å². The molecule has 0 spiro atoms. The predicted octanol–water partition coefficient (Wildman–Crippen LogP) is 4.68. The molecule has 3 heterocycles. The third kappa shape index (κ3) is 8.04. The van der Waals surface area contributed by atoms with Crippen molar-refractivity contribution in [2.75, 3.05) is 37.6 Å². The molecular weight excluding hydrogens is 692 g/mol. The number of aromatic nitrogens is 1. The van der Waals surface area contributed by atoms with Gasteiger partial charge >= 0.3 is 0 Å². The van der Waals surface area contributed by atoms with Gasteiger partial charge in [0.05, 0.1) is 4.88 Å². The molecule has 2 aromatic carbocycles. The molecule has 3 N–H and O–H groups in total. The summed E-state index contributed by atoms with van der Waals surface area (Å²) in [7, 11) is 0. The first-order chi connectivity index (χ1) is 23.3. The lowest BCUT2D eigenvalue weighted by molar-refractivity contribution is -0.133. The Morgan fingerprint density at radius 2 is 1.67 bits per heavy atom. The molecule has 1 aliphatic carbocycles. The smallest absolute Gasteiger partial charge is 0.262 e. The Bertz CT molecular complexity index is 1750. The fraction of sp³-hybridized carbons (Fsp3) is 0.361. The number of fused-ring (bicyclic) bond motifs is 1. The highest BCUT2D eigenvalue weighted by Crippen LogP contribution is 2.33. The van der Waals surface area contributed by atoms with Crippen molar-refractivity contribution in [3.8, 4) is 0 Å². The van der Waals surface area contributed by atoms with Crippen LogP contribution in [0.15, 0.2) is 83.5 Å². The molecule has 0 bridgehead atoms. The molecule has 48 heavy (non-hydrogen) atoms. The van der Waals surface area contributed by atoms with Crippen molar-refractivity contribution in [3.05, 3.63) is 93.9 Å². The van der Waals surface area contributed by atoms with Gasteiger partial charge in [0.25, 0.3) is 5.91 Å². The van der Waals surface area contributed by atoms with Crippen LogP contribution < -0.4 is 20.9 Å². The number of carbonyl (C=O) groups excluding carboxylic acids is 4. The van der Waals surface area contributed by atoms with Gasteiger partial charge in [-0.05, 0) is 54.1 Å². The van der Waals surface area contributed by atoms with Crippen molar-refractivity contribution in [2.24, 2.45) is 0 Å². The fourth-order valence-electron chi connectivity index (χ4n) is 6.44. The van der Waals surface area contributed by atoms with Gasteiger partial charge in [-0.3, -0.25) is 19.2 Å². The van der Waals surface area contributed by atoms with E-state index in [2.05, 4.69) is 41.8 Å². The van der Waals surface area contributed by atoms with Gasteiger partial charge in [-0.15, -0.1) is 11.3 Å². The van der Waals surface area contributed by atoms with Crippen LogP contribution in [0.1, 0.15) is 47.3 Å². The quantitative estimate of drug-likeness (QED) is 0.206. The molecule has 12 heteroatoms. The van der Waals surface area contributed by atoms with Crippen LogP contribution in [0, 0.1) is 0 Å². The summed E-state index contributed by atoms with van der Waals surface area (Å²) in [6.45, 7) is 2.72. The summed E-state index contributed by atoms with van der Waals surface area (Å²) in [6.07, 6.45) is 4.76. The van der Waals surface area contributed by atoms with Gasteiger partial charge < -0.3 is 25.8 Å². The van der Waals surface area contributed by atoms with E-state index < -0.39 is 11.6 Å². The van der Waals surface area contributed by atoms with Crippen molar-refractivity contribution >= 4 is 66.8 Å². The van der Waals surface area contributed by atoms with E-state index in [0.29, 0.717) is 43.9 Å². The van der Waals surface area contributed by atoms with E-state index >= 15 is 0 Å². The van der Waals surface area contributed by atoms with E-state index in [0.717, 1.165) is 38.8 Å². The number of carbonyl (C=O) groups is 4. The van der Waals surface area contributed by atoms with Gasteiger partial charge in [0.1, 0.15) is 17.4 Å². The zero-order chi connectivity index (χ0) is 33.5. The summed E-state index contributed by atoms with van der Waals surface area (Å²) >= 11 is 4.86. The Hall–Kier alpha value is -4.29. The Morgan fingerprint density at radius 3 is 2.40 bits per heavy atom. The second-order valence-electron chi connectivity index (χ2n) is 12.3. The standard InChI is InChI=1S/C36H39BrN6O4S/c37-27-12-11-26-23-30(48-29(26)24-27)34(46)41-36(14-5-6-15-36)35(47)40-28(22-25-8-2-1-3-9-25)33(45)39-17-13-32(44)43-20-18-42(19-21-43)31-10-4-7-16-38-31/h1-4,7-12,16,23-24,28H,5-6,13-15,17-22H2,(H,39,45)(H,40,47)(H,41,46)/t28-/m1/s1. The van der Waals surface area contributed by atoms with Crippen molar-refractivity contribution in [2.45, 2.75) is 50.1 Å². The maximum absolute atomic E-state index is 14.0. The van der Waals surface area contributed by atoms with E-state index in [1.807, 2.05) is 77.7 Å². The summed E-state index contributed by atoms with van der Waals surface area (Å²) in [6, 6.07) is 22.1. The van der Waals surface area contributed by atoms with Crippen molar-refractivity contribution in [1.82, 2.24) is 25.8 Å². The summed E-state index contributed by atoms with van der Waals surface area (Å²) < 4.78 is 1.91. The van der Waals surface area contributed by atoms with Gasteiger partial charge in [-0.1, -0.05) is 71.2 Å². The highest BCUT2D eigenvalue weighted by atomic mass is 79.9. The van der Waals surface area contributed by atoms with Crippen LogP contribution in [0.25, 0.3) is 10.1 Å². The molecule has 6 rings (SSSR count). The first kappa shape index (κ1) is 33.6. The molecule has 2 aromatic heterocycles. The molecule has 10 nitrogen and oxygen atoms in total. The van der Waals surface area contributed by atoms with Crippen LogP contribution >= 0.6 is 27.3 Å². The Labute approximate surface area is 292 Å². The van der Waals surface area contributed by atoms with E-state index in [4.69, 9.17) is 0 Å². The van der Waals surface area contributed by atoms with Gasteiger partial charge in [-0.25, -0.2) is 4.98 Å². The van der Waals surface area contributed by atoms with E-state index in [1.54, 1.807) is 6.20 Å². The number of hydrogen-bond donors (Lipinski definition) is 3. The first-order valence-corrected chi connectivity index (χ1v) is 18.0. The van der Waals surface area contributed by atoms with Crippen LogP contribution in [0.3, 0.4) is 0 Å². The van der Waals surface area contributed by atoms with Crippen LogP contribution in [0.2, 0.25) is 0 Å². The molecule has 0 radical (unpaired) electrons. The van der Waals surface area contributed by atoms with E-state index in [9.17, 15) is 19.2 Å². The van der Waals surface area contributed by atoms with Crippen molar-refractivity contribution in [1.29, 1.82) is 0 Å². The Morgan fingerprint density at radius 1 is 0.917 bits per heavy atom. The number of benzene rings is 2. The molecule has 0 unspecified atom stereocenters. The number of nitrogens with one attached hydrogen (secondary N) is 3. The average molecular weight is 732 g/mol. The normalized spacial score (nSPS) is 16.4. The largest absolute Gasteiger partial charge is 0.354 e. The molecule has 2 fully saturated rings. The van der Waals surface area contributed by atoms with Gasteiger partial charge in [0, 0.05) is 60.9 Å². The molecule has 250 valence electrons. The van der Waals surface area contributed by atoms with Crippen LogP contribution in [0.4, 0.5) is 5.82 Å². The van der Waals surface area contributed by atoms with Crippen LogP contribution in [-0.2, 0) is 20.8 Å². The zero-order valence-electron chi connectivity index (χ0n) is 26.6. The number of amides is 4. The van der Waals surface area contributed by atoms with Crippen molar-refractivity contribution < 1.29 is 19.2 Å². The third-order valence-electron chi connectivity index (χ3n) is 9.10. The second-order valence-corrected chi connectivity index (χ2v) is 14.3. The molecule has 4 amide bonds. The SMILES string of the molecule is O=C(NC1(C(=O)N[C@H](Cc2ccccc2)C(=O)NCCC(=O)N2CCN(c3ccccn3)CC2)CCCC1)c1cc2ccc(Br)cc2s1. The molecular formula is C36H39BrN6O4S. The predicted molar refractivity (Wildman–Crippen MR) is 191 cm³/mol. The van der Waals surface area contributed by atoms with Gasteiger partial charge in [0.15, 0.2) is 0 Å². The number of pyridine rings is 1. The minimum absolute atomic E-state index is 0.0270. The molecule has 2 aliphatic rings. The number of anilines is 1. The lowest BCUT2D eigenvalue weighted by atomic mass is 9.94. The third-order valence-corrected chi connectivity index (χ3v) is 10.7. The van der Waals surface area contributed by atoms with E-state index in [1.165, 1.54) is 11.3 Å². The minimum atomic E-state index is -1.11. The molecule has 1 saturated heterocycles. The number of piperazine rings is 1. The number of halogens is 1. The molecule has 1 atom stereocenters. The number of rotatable bonds is 11. The number of thiophene rings is 1. The van der Waals surface area contributed by atoms with Crippen molar-refractivity contribution in [3.63, 3.8) is 0 Å². The molecule has 1 aliphatic heterocycles. The Kier molecular flexibility index (Phi) is 10.7. The number of nitrogens with zero attached hydrogens (tertiary/aromatic N) is 3. The maximum atomic E-state index is 14.0. The monoisotopic (exact) mass is 730 g/mol. The summed E-state index contributed by atoms with van der Waals surface area (Å²) in [5.41, 5.74) is -0.225. The summed E-state index contributed by atoms with van der Waals surface area (Å²) in [4.78, 5) is 63.0. The van der Waals surface area contributed by atoms with E-state index in [-0.39, 0.29) is 43.0 Å². The molecule has 1 saturated carbocycles. The number of hydrogen-bond acceptors (Lipinski definition) is 7. The second kappa shape index (κ2) is 15.3. The maximum Gasteiger partial charge on any atom is 0.262 e. The van der Waals surface area contributed by atoms with Gasteiger partial charge in [0.2, 0.25) is 17.7 Å². The Balaban J connectivity index is 1.07. The highest BCUT2D eigenvalue weighted by Gasteiger charge is 2.44. The molecule has 4 aromatic rings. The minimum Gasteiger partial charge on any atom is -0.354 e. The summed E-state index contributed by atoms with van der Waals surface area (Å²) in [5, 5.41) is 9.90. The highest BCUT2D eigenvalue weighted by molar-refractivity contribution is 9.10. The zero-order valence-corrected chi connectivity index (χ0v) is 29.0. The summed E-state index contributed by atoms with van der Waals surface area (Å²) in [5.74, 6) is -0.158. The lowest BCUT2D eigenvalue weighted by Gasteiger charge is -2.35. The van der Waals surface area contributed by atoms with Crippen LogP contribution in [-0.4, -0.2) is 77.8 Å². The lowest BCUT2D eigenvalue weighted by Crippen LogP contribution is -2.61. The first-order valence-electron chi connectivity index (χ1n) is 16.4. The fourth-order valence-corrected chi connectivity index (χ4v) is 7.95. The average Bonchev–Trinajstić information content (AvgIpc) is 3.77. The van der Waals surface area contributed by atoms with Gasteiger partial charge in [-0.2, -0.15) is 0 Å². The topological polar surface area (TPSA) is 124 Å².